The highest BCUT2D eigenvalue weighted by molar-refractivity contribution is 9.10. The molecule has 3 nitrogen and oxygen atoms in total. The van der Waals surface area contributed by atoms with Gasteiger partial charge in [0.05, 0.1) is 11.3 Å². The summed E-state index contributed by atoms with van der Waals surface area (Å²) >= 11 is 2.95. The predicted octanol–water partition coefficient (Wildman–Crippen LogP) is 3.81. The molecule has 0 heterocycles. The van der Waals surface area contributed by atoms with Gasteiger partial charge in [-0.05, 0) is 34.1 Å². The Morgan fingerprint density at radius 1 is 1.15 bits per heavy atom. The first kappa shape index (κ1) is 14.4. The third kappa shape index (κ3) is 2.36. The number of halogens is 4. The molecule has 2 aromatic rings. The van der Waals surface area contributed by atoms with Gasteiger partial charge in [-0.3, -0.25) is 0 Å². The Morgan fingerprint density at radius 3 is 2.35 bits per heavy atom. The fourth-order valence-electron chi connectivity index (χ4n) is 1.77. The molecular formula is C13H7BrF3NO2. The number of benzene rings is 2. The third-order valence-corrected chi connectivity index (χ3v) is 3.31. The van der Waals surface area contributed by atoms with Crippen LogP contribution in [0.25, 0.3) is 11.1 Å². The van der Waals surface area contributed by atoms with Crippen LogP contribution in [0.5, 0.6) is 0 Å². The summed E-state index contributed by atoms with van der Waals surface area (Å²) in [5, 5.41) is 8.92. The van der Waals surface area contributed by atoms with Crippen molar-refractivity contribution in [2.45, 2.75) is 0 Å². The summed E-state index contributed by atoms with van der Waals surface area (Å²) in [4.78, 5) is 11.0. The Labute approximate surface area is 120 Å². The van der Waals surface area contributed by atoms with E-state index in [0.717, 1.165) is 18.2 Å². The van der Waals surface area contributed by atoms with Crippen LogP contribution in [-0.2, 0) is 0 Å². The third-order valence-electron chi connectivity index (χ3n) is 2.69. The van der Waals surface area contributed by atoms with E-state index < -0.39 is 34.7 Å². The molecule has 3 N–H and O–H groups in total. The topological polar surface area (TPSA) is 63.3 Å². The second-order valence-electron chi connectivity index (χ2n) is 3.94. The Morgan fingerprint density at radius 2 is 1.80 bits per heavy atom. The lowest BCUT2D eigenvalue weighted by atomic mass is 10.0. The van der Waals surface area contributed by atoms with Gasteiger partial charge in [0.25, 0.3) is 0 Å². The minimum Gasteiger partial charge on any atom is -0.478 e. The number of rotatable bonds is 2. The van der Waals surface area contributed by atoms with Crippen molar-refractivity contribution in [3.8, 4) is 11.1 Å². The van der Waals surface area contributed by atoms with Gasteiger partial charge in [-0.1, -0.05) is 0 Å². The molecule has 2 rings (SSSR count). The Bertz CT molecular complexity index is 719. The van der Waals surface area contributed by atoms with E-state index in [-0.39, 0.29) is 15.6 Å². The number of hydrogen-bond acceptors (Lipinski definition) is 2. The van der Waals surface area contributed by atoms with Crippen molar-refractivity contribution in [2.24, 2.45) is 0 Å². The van der Waals surface area contributed by atoms with Crippen LogP contribution in [0.1, 0.15) is 10.4 Å². The van der Waals surface area contributed by atoms with Crippen LogP contribution in [0.4, 0.5) is 18.9 Å². The first-order valence-electron chi connectivity index (χ1n) is 5.29. The maximum atomic E-state index is 14.1. The van der Waals surface area contributed by atoms with Crippen molar-refractivity contribution in [1.29, 1.82) is 0 Å². The minimum absolute atomic E-state index is 0.00243. The second-order valence-corrected chi connectivity index (χ2v) is 4.79. The number of anilines is 1. The molecule has 0 aromatic heterocycles. The van der Waals surface area contributed by atoms with E-state index in [4.69, 9.17) is 10.8 Å². The number of nitrogen functional groups attached to an aromatic ring is 1. The summed E-state index contributed by atoms with van der Waals surface area (Å²) in [7, 11) is 0. The fraction of sp³-hybridized carbons (Fsp3) is 0. The first-order valence-corrected chi connectivity index (χ1v) is 6.08. The number of nitrogens with two attached hydrogens (primary N) is 1. The largest absolute Gasteiger partial charge is 0.478 e. The van der Waals surface area contributed by atoms with Crippen molar-refractivity contribution < 1.29 is 23.1 Å². The molecule has 0 amide bonds. The van der Waals surface area contributed by atoms with Crippen LogP contribution >= 0.6 is 15.9 Å². The van der Waals surface area contributed by atoms with Crippen LogP contribution in [0.2, 0.25) is 0 Å². The average Bonchev–Trinajstić information content (AvgIpc) is 2.34. The van der Waals surface area contributed by atoms with Crippen LogP contribution < -0.4 is 5.73 Å². The quantitative estimate of drug-likeness (QED) is 0.813. The summed E-state index contributed by atoms with van der Waals surface area (Å²) in [6.07, 6.45) is 0. The molecule has 0 saturated carbocycles. The normalized spacial score (nSPS) is 10.6. The lowest BCUT2D eigenvalue weighted by Crippen LogP contribution is -2.07. The van der Waals surface area contributed by atoms with Crippen LogP contribution in [0.15, 0.2) is 28.7 Å². The molecule has 7 heteroatoms. The summed E-state index contributed by atoms with van der Waals surface area (Å²) in [5.41, 5.74) is 3.88. The second kappa shape index (κ2) is 5.16. The molecule has 104 valence electrons. The summed E-state index contributed by atoms with van der Waals surface area (Å²) < 4.78 is 40.6. The molecule has 0 unspecified atom stereocenters. The smallest absolute Gasteiger partial charge is 0.339 e. The van der Waals surface area contributed by atoms with Gasteiger partial charge < -0.3 is 10.8 Å². The van der Waals surface area contributed by atoms with Crippen molar-refractivity contribution >= 4 is 27.6 Å². The van der Waals surface area contributed by atoms with E-state index in [2.05, 4.69) is 15.9 Å². The zero-order chi connectivity index (χ0) is 15.0. The van der Waals surface area contributed by atoms with Gasteiger partial charge in [0, 0.05) is 21.7 Å². The van der Waals surface area contributed by atoms with E-state index in [0.29, 0.717) is 6.07 Å². The standard InChI is InChI=1S/C13H7BrF3NO2/c14-8-4-7(6-2-1-5(15)3-9(6)16)11(17)12(18)10(8)13(19)20/h1-4H,18H2,(H,19,20). The van der Waals surface area contributed by atoms with Gasteiger partial charge in [0.15, 0.2) is 5.82 Å². The highest BCUT2D eigenvalue weighted by Gasteiger charge is 2.22. The van der Waals surface area contributed by atoms with Gasteiger partial charge in [-0.25, -0.2) is 18.0 Å². The molecule has 0 radical (unpaired) electrons. The van der Waals surface area contributed by atoms with E-state index >= 15 is 0 Å². The molecule has 0 aliphatic carbocycles. The zero-order valence-electron chi connectivity index (χ0n) is 9.75. The summed E-state index contributed by atoms with van der Waals surface area (Å²) in [6.45, 7) is 0. The first-order chi connectivity index (χ1) is 9.32. The van der Waals surface area contributed by atoms with Gasteiger partial charge in [0.2, 0.25) is 0 Å². The Kier molecular flexibility index (Phi) is 3.71. The molecule has 0 aliphatic rings. The van der Waals surface area contributed by atoms with Gasteiger partial charge in [-0.15, -0.1) is 0 Å². The van der Waals surface area contributed by atoms with Crippen LogP contribution in [-0.4, -0.2) is 11.1 Å². The number of aromatic carboxylic acids is 1. The maximum Gasteiger partial charge on any atom is 0.339 e. The lowest BCUT2D eigenvalue weighted by Gasteiger charge is -2.11. The molecular weight excluding hydrogens is 339 g/mol. The number of hydrogen-bond donors (Lipinski definition) is 2. The Balaban J connectivity index is 2.73. The van der Waals surface area contributed by atoms with Gasteiger partial charge in [-0.2, -0.15) is 0 Å². The fourth-order valence-corrected chi connectivity index (χ4v) is 2.38. The number of carboxylic acids is 1. The summed E-state index contributed by atoms with van der Waals surface area (Å²) in [5.74, 6) is -4.27. The van der Waals surface area contributed by atoms with E-state index in [1.165, 1.54) is 0 Å². The van der Waals surface area contributed by atoms with Crippen LogP contribution in [0.3, 0.4) is 0 Å². The highest BCUT2D eigenvalue weighted by atomic mass is 79.9. The maximum absolute atomic E-state index is 14.1. The van der Waals surface area contributed by atoms with Crippen molar-refractivity contribution in [3.63, 3.8) is 0 Å². The lowest BCUT2D eigenvalue weighted by molar-refractivity contribution is 0.0696. The average molecular weight is 346 g/mol. The molecule has 2 aromatic carbocycles. The molecule has 0 bridgehead atoms. The SMILES string of the molecule is Nc1c(F)c(-c2ccc(F)cc2F)cc(Br)c1C(=O)O. The molecule has 0 fully saturated rings. The predicted molar refractivity (Wildman–Crippen MR) is 70.8 cm³/mol. The van der Waals surface area contributed by atoms with E-state index in [9.17, 15) is 18.0 Å². The monoisotopic (exact) mass is 345 g/mol. The zero-order valence-corrected chi connectivity index (χ0v) is 11.3. The molecule has 0 aliphatic heterocycles. The van der Waals surface area contributed by atoms with E-state index in [1.807, 2.05) is 0 Å². The van der Waals surface area contributed by atoms with Crippen molar-refractivity contribution in [1.82, 2.24) is 0 Å². The molecule has 0 spiro atoms. The van der Waals surface area contributed by atoms with Crippen molar-refractivity contribution in [3.05, 3.63) is 51.8 Å². The minimum atomic E-state index is -1.42. The highest BCUT2D eigenvalue weighted by Crippen LogP contribution is 2.35. The van der Waals surface area contributed by atoms with Crippen LogP contribution in [0, 0.1) is 17.5 Å². The molecule has 0 saturated heterocycles. The molecule has 20 heavy (non-hydrogen) atoms. The number of carbonyl (C=O) groups is 1. The van der Waals surface area contributed by atoms with E-state index in [1.54, 1.807) is 0 Å². The number of carboxylic acid groups (broad SMARTS) is 1. The van der Waals surface area contributed by atoms with Gasteiger partial charge >= 0.3 is 5.97 Å². The Hall–Kier alpha value is -2.02. The summed E-state index contributed by atoms with van der Waals surface area (Å²) in [6, 6.07) is 3.71. The van der Waals surface area contributed by atoms with Crippen molar-refractivity contribution in [2.75, 3.05) is 5.73 Å². The van der Waals surface area contributed by atoms with Gasteiger partial charge in [0.1, 0.15) is 11.6 Å². The molecule has 0 atom stereocenters.